The Kier molecular flexibility index (Phi) is 6.81. The number of aromatic nitrogens is 1. The quantitative estimate of drug-likeness (QED) is 0.739. The Morgan fingerprint density at radius 3 is 2.43 bits per heavy atom. The van der Waals surface area contributed by atoms with E-state index in [2.05, 4.69) is 4.98 Å². The molecule has 1 saturated heterocycles. The summed E-state index contributed by atoms with van der Waals surface area (Å²) in [6.07, 6.45) is 0.936. The van der Waals surface area contributed by atoms with Gasteiger partial charge < -0.3 is 18.9 Å². The Labute approximate surface area is 176 Å². The summed E-state index contributed by atoms with van der Waals surface area (Å²) in [5.74, 6) is -0.501. The molecule has 0 N–H and O–H groups in total. The average Bonchev–Trinajstić information content (AvgIpc) is 3.04. The zero-order valence-electron chi connectivity index (χ0n) is 17.3. The second-order valence-electron chi connectivity index (χ2n) is 7.83. The Bertz CT molecular complexity index is 835. The zero-order chi connectivity index (χ0) is 19.8. The molecule has 1 aromatic carbocycles. The molecule has 1 aliphatic rings. The van der Waals surface area contributed by atoms with Crippen LogP contribution in [0.5, 0.6) is 0 Å². The van der Waals surface area contributed by atoms with E-state index in [0.717, 1.165) is 0 Å². The average molecular weight is 382 g/mol. The van der Waals surface area contributed by atoms with Gasteiger partial charge in [0.2, 0.25) is 0 Å². The van der Waals surface area contributed by atoms with Crippen molar-refractivity contribution in [3.05, 3.63) is 30.2 Å². The number of amides is 1. The number of carbonyl (C=O) groups is 2. The summed E-state index contributed by atoms with van der Waals surface area (Å²) < 4.78 is 10.7. The second kappa shape index (κ2) is 8.56. The van der Waals surface area contributed by atoms with Crippen molar-refractivity contribution in [3.63, 3.8) is 0 Å². The van der Waals surface area contributed by atoms with Gasteiger partial charge >= 0.3 is 12.1 Å². The van der Waals surface area contributed by atoms with Gasteiger partial charge in [-0.15, -0.1) is 5.06 Å². The van der Waals surface area contributed by atoms with E-state index >= 15 is 0 Å². The number of fused-ring (bicyclic) bond motifs is 1. The molecule has 0 unspecified atom stereocenters. The SMILES string of the molecule is C[C@@H]1CN(C(=O)OC(C)(C)C)C[C@@H](C)N1OC(=O)c1cccc2ocnc12.[Li]. The first-order chi connectivity index (χ1) is 12.7. The minimum absolute atomic E-state index is 0. The number of ether oxygens (including phenoxy) is 1. The number of hydrogen-bond acceptors (Lipinski definition) is 7. The Hall–Kier alpha value is -2.01. The third-order valence-corrected chi connectivity index (χ3v) is 4.26. The van der Waals surface area contributed by atoms with E-state index in [9.17, 15) is 9.59 Å². The minimum Gasteiger partial charge on any atom is -0.444 e. The third-order valence-electron chi connectivity index (χ3n) is 4.26. The molecule has 147 valence electrons. The third kappa shape index (κ3) is 4.88. The molecular weight excluding hydrogens is 357 g/mol. The monoisotopic (exact) mass is 382 g/mol. The van der Waals surface area contributed by atoms with Crippen LogP contribution in [0.3, 0.4) is 0 Å². The van der Waals surface area contributed by atoms with Crippen molar-refractivity contribution in [2.75, 3.05) is 13.1 Å². The predicted molar refractivity (Wildman–Crippen MR) is 104 cm³/mol. The summed E-state index contributed by atoms with van der Waals surface area (Å²) in [7, 11) is 0. The van der Waals surface area contributed by atoms with Crippen LogP contribution in [0.2, 0.25) is 0 Å². The maximum Gasteiger partial charge on any atom is 0.410 e. The molecule has 0 bridgehead atoms. The predicted octanol–water partition coefficient (Wildman–Crippen LogP) is 2.85. The molecule has 28 heavy (non-hydrogen) atoms. The first-order valence-electron chi connectivity index (χ1n) is 8.96. The summed E-state index contributed by atoms with van der Waals surface area (Å²) in [4.78, 5) is 36.4. The first-order valence-corrected chi connectivity index (χ1v) is 8.96. The summed E-state index contributed by atoms with van der Waals surface area (Å²) in [6.45, 7) is 10.1. The van der Waals surface area contributed by atoms with E-state index < -0.39 is 11.6 Å². The standard InChI is InChI=1S/C19H25N3O5.Li/c1-12-9-21(18(24)26-19(3,4)5)10-13(2)22(12)27-17(23)14-7-6-8-15-16(14)20-11-25-15;/h6-8,11-13H,9-10H2,1-5H3;/t12-,13-;/m1./s1. The van der Waals surface area contributed by atoms with Gasteiger partial charge in [-0.2, -0.15) is 0 Å². The van der Waals surface area contributed by atoms with E-state index in [4.69, 9.17) is 14.0 Å². The number of rotatable bonds is 2. The fourth-order valence-corrected chi connectivity index (χ4v) is 3.16. The van der Waals surface area contributed by atoms with Crippen molar-refractivity contribution in [1.29, 1.82) is 0 Å². The van der Waals surface area contributed by atoms with Gasteiger partial charge in [0.05, 0.1) is 17.6 Å². The van der Waals surface area contributed by atoms with Gasteiger partial charge in [0, 0.05) is 32.0 Å². The number of benzene rings is 1. The summed E-state index contributed by atoms with van der Waals surface area (Å²) in [5, 5.41) is 1.63. The van der Waals surface area contributed by atoms with Crippen LogP contribution in [-0.4, -0.2) is 76.6 Å². The van der Waals surface area contributed by atoms with Crippen LogP contribution in [-0.2, 0) is 9.57 Å². The molecular formula is C19H25LiN3O5. The molecule has 1 aliphatic heterocycles. The molecule has 0 saturated carbocycles. The molecule has 1 fully saturated rings. The van der Waals surface area contributed by atoms with Crippen molar-refractivity contribution >= 4 is 42.0 Å². The van der Waals surface area contributed by atoms with Crippen molar-refractivity contribution in [1.82, 2.24) is 14.9 Å². The van der Waals surface area contributed by atoms with Crippen LogP contribution >= 0.6 is 0 Å². The van der Waals surface area contributed by atoms with Crippen LogP contribution in [0.1, 0.15) is 45.0 Å². The molecule has 0 spiro atoms. The summed E-state index contributed by atoms with van der Waals surface area (Å²) >= 11 is 0. The number of carbonyl (C=O) groups excluding carboxylic acids is 2. The zero-order valence-corrected chi connectivity index (χ0v) is 17.3. The van der Waals surface area contributed by atoms with Gasteiger partial charge in [0.15, 0.2) is 12.0 Å². The van der Waals surface area contributed by atoms with Crippen LogP contribution in [0.15, 0.2) is 29.0 Å². The molecule has 2 aromatic rings. The van der Waals surface area contributed by atoms with Crippen LogP contribution in [0.25, 0.3) is 11.1 Å². The number of oxazole rings is 1. The molecule has 9 heteroatoms. The molecule has 1 radical (unpaired) electrons. The number of hydrogen-bond donors (Lipinski definition) is 0. The van der Waals surface area contributed by atoms with Crippen molar-refractivity contribution in [2.45, 2.75) is 52.3 Å². The molecule has 8 nitrogen and oxygen atoms in total. The smallest absolute Gasteiger partial charge is 0.410 e. The van der Waals surface area contributed by atoms with Gasteiger partial charge in [-0.3, -0.25) is 0 Å². The van der Waals surface area contributed by atoms with Gasteiger partial charge in [-0.1, -0.05) is 6.07 Å². The molecule has 1 aromatic heterocycles. The molecule has 2 heterocycles. The van der Waals surface area contributed by atoms with Gasteiger partial charge in [0.1, 0.15) is 11.1 Å². The Balaban J connectivity index is 0.00000280. The normalized spacial score (nSPS) is 20.5. The van der Waals surface area contributed by atoms with E-state index in [1.165, 1.54) is 6.39 Å². The van der Waals surface area contributed by atoms with Crippen molar-refractivity contribution in [3.8, 4) is 0 Å². The topological polar surface area (TPSA) is 85.1 Å². The van der Waals surface area contributed by atoms with Crippen LogP contribution < -0.4 is 0 Å². The Morgan fingerprint density at radius 2 is 1.82 bits per heavy atom. The van der Waals surface area contributed by atoms with E-state index in [1.807, 2.05) is 34.6 Å². The number of para-hydroxylation sites is 1. The molecule has 0 aliphatic carbocycles. The fraction of sp³-hybridized carbons (Fsp3) is 0.526. The van der Waals surface area contributed by atoms with Crippen molar-refractivity contribution < 1.29 is 23.6 Å². The van der Waals surface area contributed by atoms with E-state index in [1.54, 1.807) is 28.2 Å². The molecule has 2 atom stereocenters. The fourth-order valence-electron chi connectivity index (χ4n) is 3.16. The van der Waals surface area contributed by atoms with Crippen LogP contribution in [0.4, 0.5) is 4.79 Å². The molecule has 3 rings (SSSR count). The van der Waals surface area contributed by atoms with E-state index in [0.29, 0.717) is 29.8 Å². The Morgan fingerprint density at radius 1 is 1.18 bits per heavy atom. The van der Waals surface area contributed by atoms with Gasteiger partial charge in [-0.25, -0.2) is 14.6 Å². The summed E-state index contributed by atoms with van der Waals surface area (Å²) in [6, 6.07) is 4.75. The summed E-state index contributed by atoms with van der Waals surface area (Å²) in [5.41, 5.74) is 0.786. The minimum atomic E-state index is -0.552. The first kappa shape index (κ1) is 22.3. The van der Waals surface area contributed by atoms with E-state index in [-0.39, 0.29) is 37.0 Å². The largest absolute Gasteiger partial charge is 0.444 e. The van der Waals surface area contributed by atoms with Crippen molar-refractivity contribution in [2.24, 2.45) is 0 Å². The number of nitrogens with zero attached hydrogens (tertiary/aromatic N) is 3. The van der Waals surface area contributed by atoms with Gasteiger partial charge in [0.25, 0.3) is 0 Å². The molecule has 1 amide bonds. The van der Waals surface area contributed by atoms with Crippen LogP contribution in [0, 0.1) is 0 Å². The number of piperazine rings is 1. The maximum atomic E-state index is 12.7. The number of hydroxylamine groups is 2. The van der Waals surface area contributed by atoms with Gasteiger partial charge in [-0.05, 0) is 46.8 Å². The maximum absolute atomic E-state index is 12.7. The second-order valence-corrected chi connectivity index (χ2v) is 7.83.